The Kier molecular flexibility index (Phi) is 6.39. The van der Waals surface area contributed by atoms with E-state index in [9.17, 15) is 36.3 Å². The molecule has 0 spiro atoms. The quantitative estimate of drug-likeness (QED) is 0.304. The van der Waals surface area contributed by atoms with E-state index >= 15 is 0 Å². The number of allylic oxidation sites excluding steroid dienone is 1. The second-order valence-electron chi connectivity index (χ2n) is 8.90. The predicted molar refractivity (Wildman–Crippen MR) is 112 cm³/mol. The third-order valence-corrected chi connectivity index (χ3v) is 8.17. The third-order valence-electron chi connectivity index (χ3n) is 6.84. The van der Waals surface area contributed by atoms with E-state index in [2.05, 4.69) is 10.1 Å². The van der Waals surface area contributed by atoms with Gasteiger partial charge in [-0.2, -0.15) is 8.42 Å². The molecule has 0 radical (unpaired) electrons. The smallest absolute Gasteiger partial charge is 0.453 e. The summed E-state index contributed by atoms with van der Waals surface area (Å²) in [7, 11) is -4.36. The second kappa shape index (κ2) is 8.79. The molecule has 2 aliphatic heterocycles. The van der Waals surface area contributed by atoms with Gasteiger partial charge in [0, 0.05) is 5.92 Å². The molecular weight excluding hydrogens is 495 g/mol. The molecule has 3 aliphatic rings. The fourth-order valence-electron chi connectivity index (χ4n) is 5.03. The summed E-state index contributed by atoms with van der Waals surface area (Å²) in [4.78, 5) is 24.9. The van der Waals surface area contributed by atoms with Crippen molar-refractivity contribution in [3.63, 3.8) is 0 Å². The number of hydrogen-bond donors (Lipinski definition) is 2. The lowest BCUT2D eigenvalue weighted by Crippen LogP contribution is -2.80. The monoisotopic (exact) mass is 519 g/mol. The topological polar surface area (TPSA) is 128 Å². The van der Waals surface area contributed by atoms with Crippen molar-refractivity contribution in [2.75, 3.05) is 6.61 Å². The van der Waals surface area contributed by atoms with Crippen molar-refractivity contribution >= 4 is 22.0 Å². The van der Waals surface area contributed by atoms with Crippen LogP contribution in [-0.4, -0.2) is 55.6 Å². The molecule has 2 heterocycles. The van der Waals surface area contributed by atoms with E-state index in [0.29, 0.717) is 6.42 Å². The lowest BCUT2D eigenvalue weighted by Gasteiger charge is -2.54. The van der Waals surface area contributed by atoms with Crippen LogP contribution in [0.25, 0.3) is 0 Å². The summed E-state index contributed by atoms with van der Waals surface area (Å²) in [6.45, 7) is 1.05. The molecule has 35 heavy (non-hydrogen) atoms. The maximum atomic E-state index is 12.8. The molecule has 1 aromatic carbocycles. The minimum Gasteiger partial charge on any atom is -0.453 e. The average Bonchev–Trinajstić information content (AvgIpc) is 2.96. The summed E-state index contributed by atoms with van der Waals surface area (Å²) in [6.07, 6.45) is -0.254. The number of esters is 1. The molecule has 2 fully saturated rings. The molecule has 5 unspecified atom stereocenters. The normalized spacial score (nSPS) is 31.2. The van der Waals surface area contributed by atoms with Gasteiger partial charge in [0.2, 0.25) is 11.4 Å². The number of alkyl halides is 3. The first-order chi connectivity index (χ1) is 16.3. The zero-order chi connectivity index (χ0) is 25.6. The number of carbonyl (C=O) groups excluding carboxylic acids is 2. The van der Waals surface area contributed by atoms with E-state index in [-0.39, 0.29) is 12.3 Å². The number of carbonyl (C=O) groups is 2. The lowest BCUT2D eigenvalue weighted by molar-refractivity contribution is -0.274. The molecule has 1 aliphatic carbocycles. The molecule has 5 atom stereocenters. The number of aliphatic hydroxyl groups is 1. The molecule has 0 aromatic heterocycles. The number of hydrogen-bond acceptors (Lipinski definition) is 8. The Bertz CT molecular complexity index is 1140. The highest BCUT2D eigenvalue weighted by molar-refractivity contribution is 7.86. The number of ether oxygens (including phenoxy) is 2. The zero-order valence-electron chi connectivity index (χ0n) is 18.6. The first-order valence-corrected chi connectivity index (χ1v) is 12.4. The lowest BCUT2D eigenvalue weighted by atomic mass is 9.64. The molecular formula is C22H24F3NO8S. The Balaban J connectivity index is 1.43. The molecule has 0 saturated carbocycles. The van der Waals surface area contributed by atoms with Crippen LogP contribution in [0.15, 0.2) is 41.3 Å². The summed E-state index contributed by atoms with van der Waals surface area (Å²) < 4.78 is 75.7. The van der Waals surface area contributed by atoms with Crippen molar-refractivity contribution in [1.82, 2.24) is 5.32 Å². The van der Waals surface area contributed by atoms with Crippen molar-refractivity contribution < 1.29 is 49.9 Å². The molecule has 2 saturated heterocycles. The largest absolute Gasteiger partial charge is 0.573 e. The van der Waals surface area contributed by atoms with Crippen LogP contribution in [0.4, 0.5) is 13.2 Å². The van der Waals surface area contributed by atoms with E-state index in [1.165, 1.54) is 6.92 Å². The van der Waals surface area contributed by atoms with Crippen molar-refractivity contribution in [2.45, 2.75) is 61.1 Å². The number of benzene rings is 1. The predicted octanol–water partition coefficient (Wildman–Crippen LogP) is 2.20. The number of fused-ring (bicyclic) bond motifs is 1. The second-order valence-corrected chi connectivity index (χ2v) is 10.5. The van der Waals surface area contributed by atoms with Gasteiger partial charge in [0.1, 0.15) is 5.75 Å². The minimum absolute atomic E-state index is 0.154. The standard InChI is InChI=1S/C22H24F3NO8S/c1-20-16(11-12-32-35(30,31)15-9-7-14(8-10-15)33-22(23,24)25)18(28)26-21(20,19(29)34-20)17(27)13-5-3-2-4-6-13/h3,5,7-10,13,16-17,27H,2,4,6,11-12H2,1H3,(H,26,28). The van der Waals surface area contributed by atoms with Gasteiger partial charge in [-0.05, 0) is 56.9 Å². The van der Waals surface area contributed by atoms with Crippen LogP contribution in [0.2, 0.25) is 0 Å². The molecule has 4 rings (SSSR count). The highest BCUT2D eigenvalue weighted by Crippen LogP contribution is 2.53. The molecule has 1 aromatic rings. The number of rotatable bonds is 8. The van der Waals surface area contributed by atoms with Gasteiger partial charge in [-0.1, -0.05) is 12.2 Å². The molecule has 9 nitrogen and oxygen atoms in total. The Morgan fingerprint density at radius 2 is 1.94 bits per heavy atom. The molecule has 13 heteroatoms. The summed E-state index contributed by atoms with van der Waals surface area (Å²) in [5.74, 6) is -3.26. The van der Waals surface area contributed by atoms with Gasteiger partial charge in [0.25, 0.3) is 10.1 Å². The van der Waals surface area contributed by atoms with E-state index in [0.717, 1.165) is 37.1 Å². The maximum absolute atomic E-state index is 12.8. The maximum Gasteiger partial charge on any atom is 0.573 e. The van der Waals surface area contributed by atoms with Gasteiger partial charge in [0.05, 0.1) is 23.5 Å². The summed E-state index contributed by atoms with van der Waals surface area (Å²) >= 11 is 0. The number of halogens is 3. The highest BCUT2D eigenvalue weighted by Gasteiger charge is 2.79. The molecule has 0 bridgehead atoms. The summed E-state index contributed by atoms with van der Waals surface area (Å²) in [6, 6.07) is 3.45. The molecule has 2 N–H and O–H groups in total. The van der Waals surface area contributed by atoms with Crippen molar-refractivity contribution in [1.29, 1.82) is 0 Å². The van der Waals surface area contributed by atoms with E-state index in [1.54, 1.807) is 0 Å². The van der Waals surface area contributed by atoms with Crippen LogP contribution in [0.5, 0.6) is 5.75 Å². The average molecular weight is 519 g/mol. The van der Waals surface area contributed by atoms with Crippen LogP contribution in [0, 0.1) is 11.8 Å². The Hall–Kier alpha value is -2.64. The van der Waals surface area contributed by atoms with Crippen molar-refractivity contribution in [3.8, 4) is 5.75 Å². The SMILES string of the molecule is CC12OC(=O)C1(C(O)C1C=CCCC1)NC(=O)C2CCOS(=O)(=O)c1ccc(OC(F)(F)F)cc1. The minimum atomic E-state index is -4.92. The Morgan fingerprint density at radius 1 is 1.26 bits per heavy atom. The van der Waals surface area contributed by atoms with Crippen LogP contribution >= 0.6 is 0 Å². The fourth-order valence-corrected chi connectivity index (χ4v) is 5.95. The highest BCUT2D eigenvalue weighted by atomic mass is 32.2. The summed E-state index contributed by atoms with van der Waals surface area (Å²) in [5.41, 5.74) is -3.05. The van der Waals surface area contributed by atoms with Gasteiger partial charge in [-0.25, -0.2) is 4.79 Å². The van der Waals surface area contributed by atoms with Gasteiger partial charge in [0.15, 0.2) is 5.60 Å². The van der Waals surface area contributed by atoms with E-state index in [1.807, 2.05) is 12.2 Å². The Labute approximate surface area is 199 Å². The first-order valence-electron chi connectivity index (χ1n) is 11.0. The number of aliphatic hydroxyl groups excluding tert-OH is 1. The van der Waals surface area contributed by atoms with Gasteiger partial charge < -0.3 is 19.9 Å². The van der Waals surface area contributed by atoms with Crippen LogP contribution in [-0.2, 0) is 28.6 Å². The van der Waals surface area contributed by atoms with Crippen LogP contribution in [0.1, 0.15) is 32.6 Å². The van der Waals surface area contributed by atoms with Crippen LogP contribution < -0.4 is 10.1 Å². The number of amides is 1. The molecule has 1 amide bonds. The van der Waals surface area contributed by atoms with Crippen molar-refractivity contribution in [2.24, 2.45) is 11.8 Å². The third kappa shape index (κ3) is 4.40. The van der Waals surface area contributed by atoms with Gasteiger partial charge in [-0.15, -0.1) is 13.2 Å². The fraction of sp³-hybridized carbons (Fsp3) is 0.545. The molecule has 192 valence electrons. The van der Waals surface area contributed by atoms with Crippen molar-refractivity contribution in [3.05, 3.63) is 36.4 Å². The Morgan fingerprint density at radius 3 is 2.51 bits per heavy atom. The summed E-state index contributed by atoms with van der Waals surface area (Å²) in [5, 5.41) is 13.6. The van der Waals surface area contributed by atoms with Crippen LogP contribution in [0.3, 0.4) is 0 Å². The van der Waals surface area contributed by atoms with E-state index in [4.69, 9.17) is 8.92 Å². The van der Waals surface area contributed by atoms with Gasteiger partial charge >= 0.3 is 12.3 Å². The first kappa shape index (κ1) is 25.5. The van der Waals surface area contributed by atoms with Gasteiger partial charge in [-0.3, -0.25) is 8.98 Å². The van der Waals surface area contributed by atoms with E-state index < -0.39 is 68.8 Å². The number of nitrogens with one attached hydrogen (secondary N) is 1. The zero-order valence-corrected chi connectivity index (χ0v) is 19.4.